The van der Waals surface area contributed by atoms with Crippen LogP contribution in [0.1, 0.15) is 44.1 Å². The van der Waals surface area contributed by atoms with Gasteiger partial charge in [-0.2, -0.15) is 0 Å². The van der Waals surface area contributed by atoms with E-state index in [9.17, 15) is 9.59 Å². The molecule has 1 aliphatic heterocycles. The van der Waals surface area contributed by atoms with Crippen molar-refractivity contribution in [3.63, 3.8) is 0 Å². The predicted molar refractivity (Wildman–Crippen MR) is 90.4 cm³/mol. The van der Waals surface area contributed by atoms with E-state index in [0.717, 1.165) is 50.8 Å². The molecule has 5 heteroatoms. The lowest BCUT2D eigenvalue weighted by Crippen LogP contribution is -2.49. The Balaban J connectivity index is 1.52. The van der Waals surface area contributed by atoms with Crippen LogP contribution in [0, 0.1) is 0 Å². The van der Waals surface area contributed by atoms with Gasteiger partial charge in [0.05, 0.1) is 5.41 Å². The van der Waals surface area contributed by atoms with E-state index < -0.39 is 0 Å². The molecule has 0 spiro atoms. The lowest BCUT2D eigenvalue weighted by Gasteiger charge is -2.40. The van der Waals surface area contributed by atoms with E-state index in [1.54, 1.807) is 0 Å². The van der Waals surface area contributed by atoms with E-state index in [1.165, 1.54) is 0 Å². The van der Waals surface area contributed by atoms with Crippen molar-refractivity contribution in [1.29, 1.82) is 0 Å². The van der Waals surface area contributed by atoms with Gasteiger partial charge in [0.25, 0.3) is 0 Å². The van der Waals surface area contributed by atoms with Crippen molar-refractivity contribution in [2.24, 2.45) is 0 Å². The first-order valence-electron chi connectivity index (χ1n) is 8.44. The monoisotopic (exact) mass is 334 g/mol. The average Bonchev–Trinajstić information content (AvgIpc) is 2.90. The number of hydrogen-bond donors (Lipinski definition) is 1. The van der Waals surface area contributed by atoms with Gasteiger partial charge in [0.15, 0.2) is 0 Å². The van der Waals surface area contributed by atoms with Crippen molar-refractivity contribution < 1.29 is 9.59 Å². The first kappa shape index (κ1) is 16.3. The van der Waals surface area contributed by atoms with Gasteiger partial charge in [-0.3, -0.25) is 9.59 Å². The molecule has 1 aromatic rings. The van der Waals surface area contributed by atoms with E-state index in [4.69, 9.17) is 11.6 Å². The number of halogens is 1. The number of carbonyl (C=O) groups excluding carboxylic acids is 2. The minimum Gasteiger partial charge on any atom is -0.355 e. The Labute approximate surface area is 142 Å². The summed E-state index contributed by atoms with van der Waals surface area (Å²) in [5.74, 6) is 0.353. The fourth-order valence-electron chi connectivity index (χ4n) is 3.53. The summed E-state index contributed by atoms with van der Waals surface area (Å²) in [5, 5.41) is 3.76. The minimum atomic E-state index is -0.381. The third-order valence-electron chi connectivity index (χ3n) is 5.10. The van der Waals surface area contributed by atoms with Gasteiger partial charge in [-0.15, -0.1) is 0 Å². The number of nitrogens with zero attached hydrogens (tertiary/aromatic N) is 1. The van der Waals surface area contributed by atoms with Gasteiger partial charge in [0.2, 0.25) is 11.8 Å². The Hall–Kier alpha value is -1.55. The first-order chi connectivity index (χ1) is 11.1. The Morgan fingerprint density at radius 3 is 2.52 bits per heavy atom. The number of benzene rings is 1. The van der Waals surface area contributed by atoms with Crippen LogP contribution < -0.4 is 5.32 Å². The molecule has 1 heterocycles. The van der Waals surface area contributed by atoms with Gasteiger partial charge in [-0.25, -0.2) is 0 Å². The SMILES string of the molecule is O=C1CCCN1CCCNC(=O)C1(c2ccc(Cl)cc2)CCC1. The lowest BCUT2D eigenvalue weighted by atomic mass is 9.64. The standard InChI is InChI=1S/C18H23ClN2O2/c19-15-7-5-14(6-8-15)18(9-2-10-18)17(23)20-11-3-13-21-12-1-4-16(21)22/h5-8H,1-4,9-13H2,(H,20,23). The third kappa shape index (κ3) is 3.37. The number of amides is 2. The number of hydrogen-bond acceptors (Lipinski definition) is 2. The fourth-order valence-corrected chi connectivity index (χ4v) is 3.65. The summed E-state index contributed by atoms with van der Waals surface area (Å²) in [6.07, 6.45) is 5.32. The van der Waals surface area contributed by atoms with Crippen molar-refractivity contribution in [2.45, 2.75) is 43.9 Å². The summed E-state index contributed by atoms with van der Waals surface area (Å²) in [5.41, 5.74) is 0.675. The maximum Gasteiger partial charge on any atom is 0.230 e. The molecule has 0 unspecified atom stereocenters. The second-order valence-corrected chi connectivity index (χ2v) is 6.97. The number of likely N-dealkylation sites (tertiary alicyclic amines) is 1. The van der Waals surface area contributed by atoms with Crippen LogP contribution >= 0.6 is 11.6 Å². The topological polar surface area (TPSA) is 49.4 Å². The number of nitrogens with one attached hydrogen (secondary N) is 1. The van der Waals surface area contributed by atoms with Gasteiger partial charge in [-0.1, -0.05) is 30.2 Å². The zero-order valence-electron chi connectivity index (χ0n) is 13.3. The number of rotatable bonds is 6. The van der Waals surface area contributed by atoms with Gasteiger partial charge in [0.1, 0.15) is 0 Å². The summed E-state index contributed by atoms with van der Waals surface area (Å²) in [6.45, 7) is 2.23. The van der Waals surface area contributed by atoms with Gasteiger partial charge in [-0.05, 0) is 43.4 Å². The summed E-state index contributed by atoms with van der Waals surface area (Å²) < 4.78 is 0. The van der Waals surface area contributed by atoms with Gasteiger partial charge in [0, 0.05) is 31.1 Å². The summed E-state index contributed by atoms with van der Waals surface area (Å²) in [7, 11) is 0. The van der Waals surface area contributed by atoms with E-state index in [-0.39, 0.29) is 17.2 Å². The van der Waals surface area contributed by atoms with Crippen molar-refractivity contribution >= 4 is 23.4 Å². The summed E-state index contributed by atoms with van der Waals surface area (Å²) in [6, 6.07) is 7.63. The molecule has 0 bridgehead atoms. The molecule has 2 aliphatic rings. The molecular weight excluding hydrogens is 312 g/mol. The van der Waals surface area contributed by atoms with Crippen molar-refractivity contribution in [1.82, 2.24) is 10.2 Å². The van der Waals surface area contributed by atoms with Crippen LogP contribution in [0.3, 0.4) is 0 Å². The molecule has 2 fully saturated rings. The summed E-state index contributed by atoms with van der Waals surface area (Å²) >= 11 is 5.95. The van der Waals surface area contributed by atoms with E-state index >= 15 is 0 Å². The van der Waals surface area contributed by atoms with Crippen LogP contribution in [0.2, 0.25) is 5.02 Å². The molecule has 0 atom stereocenters. The molecule has 1 aromatic carbocycles. The minimum absolute atomic E-state index is 0.110. The van der Waals surface area contributed by atoms with Gasteiger partial charge >= 0.3 is 0 Å². The molecule has 23 heavy (non-hydrogen) atoms. The Bertz CT molecular complexity index is 581. The number of carbonyl (C=O) groups is 2. The van der Waals surface area contributed by atoms with Crippen molar-refractivity contribution in [2.75, 3.05) is 19.6 Å². The second kappa shape index (κ2) is 6.91. The zero-order chi connectivity index (χ0) is 16.3. The van der Waals surface area contributed by atoms with Crippen LogP contribution in [0.4, 0.5) is 0 Å². The highest BCUT2D eigenvalue weighted by Gasteiger charge is 2.45. The lowest BCUT2D eigenvalue weighted by molar-refractivity contribution is -0.129. The maximum absolute atomic E-state index is 12.7. The smallest absolute Gasteiger partial charge is 0.230 e. The molecule has 2 amide bonds. The highest BCUT2D eigenvalue weighted by molar-refractivity contribution is 6.30. The van der Waals surface area contributed by atoms with Crippen molar-refractivity contribution in [3.8, 4) is 0 Å². The zero-order valence-corrected chi connectivity index (χ0v) is 14.1. The molecular formula is C18H23ClN2O2. The van der Waals surface area contributed by atoms with Crippen LogP contribution in [0.15, 0.2) is 24.3 Å². The highest BCUT2D eigenvalue weighted by Crippen LogP contribution is 2.44. The van der Waals surface area contributed by atoms with E-state index in [0.29, 0.717) is 18.0 Å². The quantitative estimate of drug-likeness (QED) is 0.813. The molecule has 0 aromatic heterocycles. The summed E-state index contributed by atoms with van der Waals surface area (Å²) in [4.78, 5) is 26.1. The predicted octanol–water partition coefficient (Wildman–Crippen LogP) is 2.89. The Morgan fingerprint density at radius 1 is 1.22 bits per heavy atom. The molecule has 1 N–H and O–H groups in total. The van der Waals surface area contributed by atoms with Crippen LogP contribution in [-0.4, -0.2) is 36.3 Å². The van der Waals surface area contributed by atoms with E-state index in [2.05, 4.69) is 5.32 Å². The molecule has 124 valence electrons. The van der Waals surface area contributed by atoms with Crippen LogP contribution in [0.25, 0.3) is 0 Å². The molecule has 0 radical (unpaired) electrons. The normalized spacial score (nSPS) is 19.5. The fraction of sp³-hybridized carbons (Fsp3) is 0.556. The first-order valence-corrected chi connectivity index (χ1v) is 8.82. The average molecular weight is 335 g/mol. The molecule has 3 rings (SSSR count). The van der Waals surface area contributed by atoms with Crippen LogP contribution in [0.5, 0.6) is 0 Å². The van der Waals surface area contributed by atoms with Crippen molar-refractivity contribution in [3.05, 3.63) is 34.9 Å². The van der Waals surface area contributed by atoms with E-state index in [1.807, 2.05) is 29.2 Å². The molecule has 1 aliphatic carbocycles. The molecule has 1 saturated heterocycles. The largest absolute Gasteiger partial charge is 0.355 e. The Morgan fingerprint density at radius 2 is 1.96 bits per heavy atom. The second-order valence-electron chi connectivity index (χ2n) is 6.54. The molecule has 1 saturated carbocycles. The third-order valence-corrected chi connectivity index (χ3v) is 5.35. The van der Waals surface area contributed by atoms with Crippen LogP contribution in [-0.2, 0) is 15.0 Å². The maximum atomic E-state index is 12.7. The Kier molecular flexibility index (Phi) is 4.90. The highest BCUT2D eigenvalue weighted by atomic mass is 35.5. The molecule has 4 nitrogen and oxygen atoms in total. The van der Waals surface area contributed by atoms with Gasteiger partial charge < -0.3 is 10.2 Å².